The third-order valence-electron chi connectivity index (χ3n) is 3.51. The van der Waals surface area contributed by atoms with Crippen LogP contribution in [-0.4, -0.2) is 45.9 Å². The highest BCUT2D eigenvalue weighted by Gasteiger charge is 2.38. The first-order valence-corrected chi connectivity index (χ1v) is 15.7. The molecule has 200 valence electrons. The van der Waals surface area contributed by atoms with Crippen molar-refractivity contribution in [1.82, 2.24) is 9.97 Å². The Bertz CT molecular complexity index is 1200. The van der Waals surface area contributed by atoms with E-state index in [4.69, 9.17) is 34.8 Å². The summed E-state index contributed by atoms with van der Waals surface area (Å²) in [6, 6.07) is 0. The van der Waals surface area contributed by atoms with Crippen molar-refractivity contribution < 1.29 is 70.2 Å². The third kappa shape index (κ3) is 13.8. The number of rotatable bonds is 10. The van der Waals surface area contributed by atoms with Crippen LogP contribution in [0.4, 0.5) is 5.82 Å². The molecule has 23 heteroatoms. The van der Waals surface area contributed by atoms with E-state index in [1.807, 2.05) is 4.57 Å². The van der Waals surface area contributed by atoms with Crippen LogP contribution in [0, 0.1) is 13.8 Å². The smallest absolute Gasteiger partial charge is 0.487 e. The number of aromatic nitrogens is 3. The highest BCUT2D eigenvalue weighted by molar-refractivity contribution is 7.66. The molecule has 3 unspecified atom stereocenters. The molecular weight excluding hydrogens is 580 g/mol. The number of aryl methyl sites for hydroxylation is 1. The van der Waals surface area contributed by atoms with E-state index in [0.29, 0.717) is 23.8 Å². The van der Waals surface area contributed by atoms with Crippen LogP contribution >= 0.6 is 42.6 Å². The van der Waals surface area contributed by atoms with Gasteiger partial charge in [0.15, 0.2) is 12.2 Å². The highest BCUT2D eigenvalue weighted by Crippen LogP contribution is 2.65. The molecule has 2 aromatic rings. The van der Waals surface area contributed by atoms with E-state index in [-0.39, 0.29) is 6.42 Å². The molecule has 0 bridgehead atoms. The molecule has 3 atom stereocenters. The van der Waals surface area contributed by atoms with Gasteiger partial charge in [0, 0.05) is 19.5 Å². The molecule has 0 saturated heterocycles. The van der Waals surface area contributed by atoms with Gasteiger partial charge in [0.25, 0.3) is 7.82 Å². The number of nitrogen functional groups attached to an aromatic ring is 1. The second-order valence-electron chi connectivity index (χ2n) is 6.35. The Kier molecular flexibility index (Phi) is 11.5. The molecule has 2 heterocycles. The zero-order chi connectivity index (χ0) is 27.2. The average molecular weight is 602 g/mol. The summed E-state index contributed by atoms with van der Waals surface area (Å²) in [5.41, 5.74) is 9.19. The maximum atomic E-state index is 11.7. The SMILES string of the molecule is Cc1ncc(C[n+]2csc(CCOP(=O)(O)OP(=O)(O)OP(=O)([O-])O)c2C)c(N)n1.O=P(O)(O)O. The molecule has 0 aliphatic rings. The minimum absolute atomic E-state index is 0.133. The van der Waals surface area contributed by atoms with Gasteiger partial charge in [-0.25, -0.2) is 28.0 Å². The molecule has 0 aromatic carbocycles. The summed E-state index contributed by atoms with van der Waals surface area (Å²) in [6.07, 6.45) is 1.75. The molecular formula is C12H22N4O14P4S. The van der Waals surface area contributed by atoms with Crippen LogP contribution in [0.1, 0.15) is 22.0 Å². The zero-order valence-electron chi connectivity index (χ0n) is 17.8. The Hall–Kier alpha value is -0.970. The van der Waals surface area contributed by atoms with Crippen LogP contribution < -0.4 is 15.2 Å². The molecule has 0 spiro atoms. The monoisotopic (exact) mass is 602 g/mol. The largest absolute Gasteiger partial charge is 0.756 e. The van der Waals surface area contributed by atoms with Crippen LogP contribution in [0.3, 0.4) is 0 Å². The van der Waals surface area contributed by atoms with Crippen molar-refractivity contribution in [2.24, 2.45) is 0 Å². The summed E-state index contributed by atoms with van der Waals surface area (Å²) >= 11 is 1.33. The van der Waals surface area contributed by atoms with Crippen LogP contribution in [0.25, 0.3) is 0 Å². The van der Waals surface area contributed by atoms with E-state index in [1.165, 1.54) is 11.3 Å². The quantitative estimate of drug-likeness (QED) is 0.132. The summed E-state index contributed by atoms with van der Waals surface area (Å²) in [4.78, 5) is 67.9. The first-order valence-electron chi connectivity index (χ1n) is 8.77. The maximum absolute atomic E-state index is 11.7. The molecule has 0 saturated carbocycles. The fourth-order valence-electron chi connectivity index (χ4n) is 2.22. The first kappa shape index (κ1) is 32.1. The fourth-order valence-corrected chi connectivity index (χ4v) is 6.18. The van der Waals surface area contributed by atoms with Crippen molar-refractivity contribution in [2.75, 3.05) is 12.3 Å². The number of phosphoric ester groups is 1. The molecule has 8 N–H and O–H groups in total. The molecule has 0 radical (unpaired) electrons. The van der Waals surface area contributed by atoms with Gasteiger partial charge in [-0.1, -0.05) is 11.3 Å². The second kappa shape index (κ2) is 12.5. The van der Waals surface area contributed by atoms with Gasteiger partial charge in [0.05, 0.1) is 17.0 Å². The number of thiazole rings is 1. The van der Waals surface area contributed by atoms with Gasteiger partial charge in [-0.05, 0) is 6.92 Å². The van der Waals surface area contributed by atoms with E-state index >= 15 is 0 Å². The lowest BCUT2D eigenvalue weighted by atomic mass is 10.2. The van der Waals surface area contributed by atoms with Crippen LogP contribution in [-0.2, 0) is 44.4 Å². The number of nitrogens with two attached hydrogens (primary N) is 1. The molecule has 0 fully saturated rings. The Morgan fingerprint density at radius 2 is 1.63 bits per heavy atom. The fraction of sp³-hybridized carbons (Fsp3) is 0.417. The van der Waals surface area contributed by atoms with Crippen LogP contribution in [0.5, 0.6) is 0 Å². The Balaban J connectivity index is 0.00000111. The molecule has 0 aliphatic carbocycles. The van der Waals surface area contributed by atoms with Crippen molar-refractivity contribution in [2.45, 2.75) is 26.8 Å². The van der Waals surface area contributed by atoms with Gasteiger partial charge in [0.2, 0.25) is 5.51 Å². The van der Waals surface area contributed by atoms with E-state index < -0.39 is 37.9 Å². The summed E-state index contributed by atoms with van der Waals surface area (Å²) in [5, 5.41) is 0. The van der Waals surface area contributed by atoms with Gasteiger partial charge in [0.1, 0.15) is 11.6 Å². The van der Waals surface area contributed by atoms with E-state index in [0.717, 1.165) is 10.6 Å². The van der Waals surface area contributed by atoms with Crippen molar-refractivity contribution in [1.29, 1.82) is 0 Å². The highest BCUT2D eigenvalue weighted by atomic mass is 32.1. The molecule has 0 aliphatic heterocycles. The van der Waals surface area contributed by atoms with Crippen molar-refractivity contribution >= 4 is 48.4 Å². The molecule has 35 heavy (non-hydrogen) atoms. The normalized spacial score (nSPS) is 16.9. The van der Waals surface area contributed by atoms with E-state index in [2.05, 4.69) is 23.1 Å². The number of anilines is 1. The standard InChI is InChI=1S/C12H19N4O10P3S.H3O4P/c1-8-11(30-7-16(8)6-10-5-14-9(2)15-12(10)13)3-4-24-28(20,21)26-29(22,23)25-27(17,18)19;1-5(2,3)4/h5,7H,3-4,6H2,1-2H3,(H5-,13,14,15,17,18,19,20,21,22,23);(H3,1,2,3,4). The van der Waals surface area contributed by atoms with E-state index in [1.54, 1.807) is 25.6 Å². The summed E-state index contributed by atoms with van der Waals surface area (Å²) in [7, 11) is -21.1. The predicted molar refractivity (Wildman–Crippen MR) is 115 cm³/mol. The average Bonchev–Trinajstić information content (AvgIpc) is 2.92. The number of nitrogens with zero attached hydrogens (tertiary/aromatic N) is 3. The molecule has 2 rings (SSSR count). The summed E-state index contributed by atoms with van der Waals surface area (Å²) < 4.78 is 55.9. The Morgan fingerprint density at radius 3 is 2.14 bits per heavy atom. The van der Waals surface area contributed by atoms with E-state index in [9.17, 15) is 23.5 Å². The number of hydrogen-bond acceptors (Lipinski definition) is 12. The third-order valence-corrected chi connectivity index (χ3v) is 8.47. The molecule has 18 nitrogen and oxygen atoms in total. The lowest BCUT2D eigenvalue weighted by Gasteiger charge is -2.20. The first-order chi connectivity index (χ1) is 15.7. The second-order valence-corrected chi connectivity index (χ2v) is 12.7. The summed E-state index contributed by atoms with van der Waals surface area (Å²) in [5.74, 6) is 0.900. The minimum atomic E-state index is -5.68. The number of phosphoric acid groups is 4. The zero-order valence-corrected chi connectivity index (χ0v) is 22.2. The molecule has 0 amide bonds. The Labute approximate surface area is 201 Å². The van der Waals surface area contributed by atoms with Gasteiger partial charge in [-0.3, -0.25) is 9.09 Å². The van der Waals surface area contributed by atoms with Gasteiger partial charge in [-0.2, -0.15) is 8.88 Å². The van der Waals surface area contributed by atoms with Gasteiger partial charge < -0.3 is 40.0 Å². The van der Waals surface area contributed by atoms with Crippen molar-refractivity contribution in [3.8, 4) is 0 Å². The van der Waals surface area contributed by atoms with Crippen LogP contribution in [0.15, 0.2) is 11.7 Å². The summed E-state index contributed by atoms with van der Waals surface area (Å²) in [6.45, 7) is 3.52. The van der Waals surface area contributed by atoms with Crippen LogP contribution in [0.2, 0.25) is 0 Å². The lowest BCUT2D eigenvalue weighted by molar-refractivity contribution is -0.689. The van der Waals surface area contributed by atoms with Crippen molar-refractivity contribution in [3.05, 3.63) is 33.7 Å². The Morgan fingerprint density at radius 1 is 1.06 bits per heavy atom. The topological polar surface area (TPSA) is 296 Å². The van der Waals surface area contributed by atoms with Gasteiger partial charge >= 0.3 is 23.5 Å². The van der Waals surface area contributed by atoms with Gasteiger partial charge in [-0.15, -0.1) is 0 Å². The number of hydrogen-bond donors (Lipinski definition) is 7. The molecule has 2 aromatic heterocycles. The minimum Gasteiger partial charge on any atom is -0.756 e. The maximum Gasteiger partial charge on any atom is 0.487 e. The predicted octanol–water partition coefficient (Wildman–Crippen LogP) is -0.602. The lowest BCUT2D eigenvalue weighted by Crippen LogP contribution is -2.35. The van der Waals surface area contributed by atoms with Crippen molar-refractivity contribution in [3.63, 3.8) is 0 Å².